The number of halogens is 3. The Hall–Kier alpha value is -2.75. The van der Waals surface area contributed by atoms with Gasteiger partial charge in [0, 0.05) is 5.56 Å². The maximum absolute atomic E-state index is 14.7. The SMILES string of the molecule is CCc1ccc(-c2ccc(OCc3ccc(C4CCC(C)CC4)c(F)c3F)cc2)cc1F. The lowest BCUT2D eigenvalue weighted by Crippen LogP contribution is -2.13. The van der Waals surface area contributed by atoms with Gasteiger partial charge in [-0.2, -0.15) is 0 Å². The highest BCUT2D eigenvalue weighted by atomic mass is 19.2. The second kappa shape index (κ2) is 9.81. The van der Waals surface area contributed by atoms with Gasteiger partial charge in [0.25, 0.3) is 0 Å². The fraction of sp³-hybridized carbons (Fsp3) is 0.357. The largest absolute Gasteiger partial charge is 0.489 e. The van der Waals surface area contributed by atoms with E-state index in [2.05, 4.69) is 6.92 Å². The molecule has 0 saturated heterocycles. The summed E-state index contributed by atoms with van der Waals surface area (Å²) in [5.41, 5.74) is 3.03. The molecule has 0 amide bonds. The summed E-state index contributed by atoms with van der Waals surface area (Å²) in [5.74, 6) is -0.464. The number of benzene rings is 3. The maximum atomic E-state index is 14.7. The Labute approximate surface area is 188 Å². The molecule has 0 heterocycles. The lowest BCUT2D eigenvalue weighted by atomic mass is 9.79. The van der Waals surface area contributed by atoms with E-state index in [1.54, 1.807) is 30.3 Å². The van der Waals surface area contributed by atoms with E-state index in [9.17, 15) is 13.2 Å². The quantitative estimate of drug-likeness (QED) is 0.377. The van der Waals surface area contributed by atoms with E-state index in [0.717, 1.165) is 36.8 Å². The molecule has 0 spiro atoms. The molecule has 1 aliphatic carbocycles. The zero-order valence-corrected chi connectivity index (χ0v) is 18.6. The third-order valence-electron chi connectivity index (χ3n) is 6.66. The number of rotatable bonds is 6. The molecule has 3 aromatic carbocycles. The lowest BCUT2D eigenvalue weighted by molar-refractivity contribution is 0.295. The van der Waals surface area contributed by atoms with Crippen LogP contribution < -0.4 is 4.74 Å². The standard InChI is InChI=1S/C28H29F3O/c1-3-19-8-9-22(16-26(19)29)20-10-13-24(14-11-20)32-17-23-12-15-25(28(31)27(23)30)21-6-4-18(2)5-7-21/h8-16,18,21H,3-7,17H2,1-2H3. The molecular weight excluding hydrogens is 409 g/mol. The van der Waals surface area contributed by atoms with Crippen LogP contribution in [-0.2, 0) is 13.0 Å². The van der Waals surface area contributed by atoms with Crippen molar-refractivity contribution in [3.05, 3.63) is 88.7 Å². The van der Waals surface area contributed by atoms with E-state index in [-0.39, 0.29) is 23.9 Å². The van der Waals surface area contributed by atoms with E-state index >= 15 is 0 Å². The first-order chi connectivity index (χ1) is 15.5. The second-order valence-electron chi connectivity index (χ2n) is 8.87. The summed E-state index contributed by atoms with van der Waals surface area (Å²) < 4.78 is 49.2. The van der Waals surface area contributed by atoms with Gasteiger partial charge < -0.3 is 4.74 Å². The van der Waals surface area contributed by atoms with Gasteiger partial charge in [-0.3, -0.25) is 0 Å². The second-order valence-corrected chi connectivity index (χ2v) is 8.87. The summed E-state index contributed by atoms with van der Waals surface area (Å²) in [7, 11) is 0. The summed E-state index contributed by atoms with van der Waals surface area (Å²) in [5, 5.41) is 0. The molecule has 0 N–H and O–H groups in total. The molecule has 1 saturated carbocycles. The van der Waals surface area contributed by atoms with Gasteiger partial charge in [0.1, 0.15) is 18.2 Å². The van der Waals surface area contributed by atoms with Crippen LogP contribution in [0.2, 0.25) is 0 Å². The Morgan fingerprint density at radius 3 is 2.09 bits per heavy atom. The molecular formula is C28H29F3O. The normalized spacial score (nSPS) is 18.5. The third-order valence-corrected chi connectivity index (χ3v) is 6.66. The number of hydrogen-bond acceptors (Lipinski definition) is 1. The van der Waals surface area contributed by atoms with Crippen LogP contribution in [0.15, 0.2) is 54.6 Å². The van der Waals surface area contributed by atoms with Gasteiger partial charge in [0.15, 0.2) is 11.6 Å². The van der Waals surface area contributed by atoms with E-state index in [1.807, 2.05) is 25.1 Å². The average molecular weight is 439 g/mol. The van der Waals surface area contributed by atoms with Gasteiger partial charge in [0.2, 0.25) is 0 Å². The van der Waals surface area contributed by atoms with E-state index < -0.39 is 11.6 Å². The Morgan fingerprint density at radius 1 is 0.781 bits per heavy atom. The molecule has 0 aromatic heterocycles. The van der Waals surface area contributed by atoms with E-state index in [4.69, 9.17) is 4.74 Å². The number of ether oxygens (including phenoxy) is 1. The van der Waals surface area contributed by atoms with E-state index in [1.165, 1.54) is 6.07 Å². The molecule has 1 nitrogen and oxygen atoms in total. The zero-order chi connectivity index (χ0) is 22.7. The van der Waals surface area contributed by atoms with Gasteiger partial charge in [0.05, 0.1) is 0 Å². The minimum absolute atomic E-state index is 0.0517. The van der Waals surface area contributed by atoms with Crippen LogP contribution in [0.25, 0.3) is 11.1 Å². The van der Waals surface area contributed by atoms with Crippen molar-refractivity contribution in [3.8, 4) is 16.9 Å². The van der Waals surface area contributed by atoms with Crippen molar-refractivity contribution in [2.45, 2.75) is 58.5 Å². The summed E-state index contributed by atoms with van der Waals surface area (Å²) in [6.45, 7) is 4.08. The van der Waals surface area contributed by atoms with Crippen molar-refractivity contribution >= 4 is 0 Å². The summed E-state index contributed by atoms with van der Waals surface area (Å²) in [6, 6.07) is 15.8. The molecule has 0 aliphatic heterocycles. The highest BCUT2D eigenvalue weighted by Gasteiger charge is 2.24. The first-order valence-corrected chi connectivity index (χ1v) is 11.4. The number of aryl methyl sites for hydroxylation is 1. The summed E-state index contributed by atoms with van der Waals surface area (Å²) in [6.07, 6.45) is 4.58. The monoisotopic (exact) mass is 438 g/mol. The Balaban J connectivity index is 1.42. The molecule has 1 aliphatic rings. The zero-order valence-electron chi connectivity index (χ0n) is 18.6. The highest BCUT2D eigenvalue weighted by Crippen LogP contribution is 2.37. The first kappa shape index (κ1) is 22.4. The van der Waals surface area contributed by atoms with Crippen LogP contribution in [0.3, 0.4) is 0 Å². The van der Waals surface area contributed by atoms with E-state index in [0.29, 0.717) is 29.2 Å². The molecule has 3 aromatic rings. The molecule has 4 heteroatoms. The maximum Gasteiger partial charge on any atom is 0.165 e. The molecule has 0 unspecified atom stereocenters. The smallest absolute Gasteiger partial charge is 0.165 e. The predicted octanol–water partition coefficient (Wildman–Crippen LogP) is 8.21. The minimum Gasteiger partial charge on any atom is -0.489 e. The third kappa shape index (κ3) is 4.85. The van der Waals surface area contributed by atoms with Crippen molar-refractivity contribution < 1.29 is 17.9 Å². The van der Waals surface area contributed by atoms with Crippen molar-refractivity contribution in [1.82, 2.24) is 0 Å². The van der Waals surface area contributed by atoms with Crippen LogP contribution in [-0.4, -0.2) is 0 Å². The van der Waals surface area contributed by atoms with Crippen LogP contribution in [0.1, 0.15) is 62.1 Å². The molecule has 4 rings (SSSR count). The van der Waals surface area contributed by atoms with Gasteiger partial charge in [-0.15, -0.1) is 0 Å². The molecule has 0 atom stereocenters. The molecule has 0 bridgehead atoms. The van der Waals surface area contributed by atoms with Gasteiger partial charge >= 0.3 is 0 Å². The van der Waals surface area contributed by atoms with Crippen molar-refractivity contribution in [3.63, 3.8) is 0 Å². The summed E-state index contributed by atoms with van der Waals surface area (Å²) >= 11 is 0. The Bertz CT molecular complexity index is 1070. The first-order valence-electron chi connectivity index (χ1n) is 11.4. The van der Waals surface area contributed by atoms with Crippen LogP contribution in [0.4, 0.5) is 13.2 Å². The van der Waals surface area contributed by atoms with Crippen LogP contribution in [0.5, 0.6) is 5.75 Å². The summed E-state index contributed by atoms with van der Waals surface area (Å²) in [4.78, 5) is 0. The molecule has 1 fully saturated rings. The predicted molar refractivity (Wildman–Crippen MR) is 122 cm³/mol. The lowest BCUT2D eigenvalue weighted by Gasteiger charge is -2.27. The minimum atomic E-state index is -0.816. The van der Waals surface area contributed by atoms with Crippen molar-refractivity contribution in [2.24, 2.45) is 5.92 Å². The average Bonchev–Trinajstić information content (AvgIpc) is 2.81. The fourth-order valence-electron chi connectivity index (χ4n) is 4.52. The molecule has 32 heavy (non-hydrogen) atoms. The molecule has 168 valence electrons. The van der Waals surface area contributed by atoms with Gasteiger partial charge in [-0.05, 0) is 71.6 Å². The van der Waals surface area contributed by atoms with Crippen molar-refractivity contribution in [2.75, 3.05) is 0 Å². The van der Waals surface area contributed by atoms with Crippen LogP contribution >= 0.6 is 0 Å². The fourth-order valence-corrected chi connectivity index (χ4v) is 4.52. The van der Waals surface area contributed by atoms with Crippen LogP contribution in [0, 0.1) is 23.4 Å². The Morgan fingerprint density at radius 2 is 1.44 bits per heavy atom. The number of hydrogen-bond donors (Lipinski definition) is 0. The van der Waals surface area contributed by atoms with Crippen molar-refractivity contribution in [1.29, 1.82) is 0 Å². The highest BCUT2D eigenvalue weighted by molar-refractivity contribution is 5.64. The topological polar surface area (TPSA) is 9.23 Å². The van der Waals surface area contributed by atoms with Gasteiger partial charge in [-0.1, -0.05) is 63.1 Å². The molecule has 0 radical (unpaired) electrons. The van der Waals surface area contributed by atoms with Gasteiger partial charge in [-0.25, -0.2) is 13.2 Å². The Kier molecular flexibility index (Phi) is 6.88.